The molecule has 0 aliphatic carbocycles. The summed E-state index contributed by atoms with van der Waals surface area (Å²) >= 11 is 0. The number of nitrogens with zero attached hydrogens (tertiary/aromatic N) is 1. The highest BCUT2D eigenvalue weighted by Crippen LogP contribution is 2.24. The molecule has 2 rings (SSSR count). The standard InChI is InChI=1S/C16H26N2O2S/c1-3-14-11-18(10-9-16(14)17)21(19,20)12-13(2)15-7-5-4-6-8-15/h4-8,13-14,16H,3,9-12,17H2,1-2H3. The van der Waals surface area contributed by atoms with Crippen molar-refractivity contribution in [1.29, 1.82) is 0 Å². The molecule has 0 bridgehead atoms. The van der Waals surface area contributed by atoms with Gasteiger partial charge in [0.25, 0.3) is 0 Å². The fourth-order valence-electron chi connectivity index (χ4n) is 3.00. The third-order valence-electron chi connectivity index (χ3n) is 4.50. The molecule has 0 amide bonds. The van der Waals surface area contributed by atoms with Gasteiger partial charge in [-0.25, -0.2) is 12.7 Å². The minimum Gasteiger partial charge on any atom is -0.327 e. The van der Waals surface area contributed by atoms with Crippen LogP contribution in [0.4, 0.5) is 0 Å². The van der Waals surface area contributed by atoms with Crippen LogP contribution in [0, 0.1) is 5.92 Å². The van der Waals surface area contributed by atoms with Crippen molar-refractivity contribution in [3.8, 4) is 0 Å². The minimum atomic E-state index is -3.22. The van der Waals surface area contributed by atoms with Gasteiger partial charge in [-0.15, -0.1) is 0 Å². The number of nitrogens with two attached hydrogens (primary N) is 1. The van der Waals surface area contributed by atoms with Crippen LogP contribution in [0.2, 0.25) is 0 Å². The van der Waals surface area contributed by atoms with E-state index in [9.17, 15) is 8.42 Å². The summed E-state index contributed by atoms with van der Waals surface area (Å²) in [6.07, 6.45) is 1.69. The third-order valence-corrected chi connectivity index (χ3v) is 6.54. The zero-order valence-electron chi connectivity index (χ0n) is 12.9. The van der Waals surface area contributed by atoms with Crippen molar-refractivity contribution in [2.24, 2.45) is 11.7 Å². The summed E-state index contributed by atoms with van der Waals surface area (Å²) in [6, 6.07) is 9.95. The van der Waals surface area contributed by atoms with Crippen LogP contribution in [-0.4, -0.2) is 37.6 Å². The SMILES string of the molecule is CCC1CN(S(=O)(=O)CC(C)c2ccccc2)CCC1N. The lowest BCUT2D eigenvalue weighted by Crippen LogP contribution is -2.49. The lowest BCUT2D eigenvalue weighted by molar-refractivity contribution is 0.230. The topological polar surface area (TPSA) is 63.4 Å². The molecule has 1 aromatic rings. The lowest BCUT2D eigenvalue weighted by atomic mass is 9.92. The number of benzene rings is 1. The predicted molar refractivity (Wildman–Crippen MR) is 86.6 cm³/mol. The minimum absolute atomic E-state index is 0.00637. The van der Waals surface area contributed by atoms with E-state index in [0.29, 0.717) is 13.1 Å². The number of sulfonamides is 1. The van der Waals surface area contributed by atoms with E-state index in [1.54, 1.807) is 4.31 Å². The third kappa shape index (κ3) is 4.05. The molecule has 2 N–H and O–H groups in total. The Hall–Kier alpha value is -0.910. The smallest absolute Gasteiger partial charge is 0.214 e. The second-order valence-electron chi connectivity index (χ2n) is 6.07. The average molecular weight is 310 g/mol. The Kier molecular flexibility index (Phi) is 5.41. The molecule has 0 radical (unpaired) electrons. The number of hydrogen-bond acceptors (Lipinski definition) is 3. The van der Waals surface area contributed by atoms with Gasteiger partial charge >= 0.3 is 0 Å². The Morgan fingerprint density at radius 1 is 1.33 bits per heavy atom. The maximum absolute atomic E-state index is 12.6. The molecule has 1 heterocycles. The van der Waals surface area contributed by atoms with Gasteiger partial charge < -0.3 is 5.73 Å². The van der Waals surface area contributed by atoms with Crippen molar-refractivity contribution >= 4 is 10.0 Å². The molecule has 1 aliphatic heterocycles. The monoisotopic (exact) mass is 310 g/mol. The molecular formula is C16H26N2O2S. The lowest BCUT2D eigenvalue weighted by Gasteiger charge is -2.36. The molecule has 118 valence electrons. The fraction of sp³-hybridized carbons (Fsp3) is 0.625. The van der Waals surface area contributed by atoms with E-state index in [1.807, 2.05) is 37.3 Å². The van der Waals surface area contributed by atoms with Crippen LogP contribution in [0.3, 0.4) is 0 Å². The number of hydrogen-bond donors (Lipinski definition) is 1. The predicted octanol–water partition coefficient (Wildman–Crippen LogP) is 2.18. The van der Waals surface area contributed by atoms with Crippen LogP contribution in [0.1, 0.15) is 38.2 Å². The summed E-state index contributed by atoms with van der Waals surface area (Å²) in [6.45, 7) is 5.18. The van der Waals surface area contributed by atoms with Crippen LogP contribution in [0.15, 0.2) is 30.3 Å². The molecular weight excluding hydrogens is 284 g/mol. The highest BCUT2D eigenvalue weighted by molar-refractivity contribution is 7.89. The number of rotatable bonds is 5. The van der Waals surface area contributed by atoms with Crippen molar-refractivity contribution in [2.45, 2.75) is 38.6 Å². The van der Waals surface area contributed by atoms with Crippen LogP contribution in [-0.2, 0) is 10.0 Å². The maximum Gasteiger partial charge on any atom is 0.214 e. The van der Waals surface area contributed by atoms with E-state index in [0.717, 1.165) is 18.4 Å². The van der Waals surface area contributed by atoms with Crippen molar-refractivity contribution in [3.63, 3.8) is 0 Å². The molecule has 3 atom stereocenters. The summed E-state index contributed by atoms with van der Waals surface area (Å²) in [4.78, 5) is 0. The molecule has 1 saturated heterocycles. The first-order valence-corrected chi connectivity index (χ1v) is 9.33. The van der Waals surface area contributed by atoms with Gasteiger partial charge in [-0.2, -0.15) is 0 Å². The van der Waals surface area contributed by atoms with E-state index < -0.39 is 10.0 Å². The highest BCUT2D eigenvalue weighted by Gasteiger charge is 2.33. The second-order valence-corrected chi connectivity index (χ2v) is 8.08. The maximum atomic E-state index is 12.6. The fourth-order valence-corrected chi connectivity index (χ4v) is 4.84. The second kappa shape index (κ2) is 6.90. The zero-order chi connectivity index (χ0) is 15.5. The van der Waals surface area contributed by atoms with Crippen molar-refractivity contribution in [1.82, 2.24) is 4.31 Å². The van der Waals surface area contributed by atoms with Crippen LogP contribution >= 0.6 is 0 Å². The summed E-state index contributed by atoms with van der Waals surface area (Å²) < 4.78 is 26.9. The summed E-state index contributed by atoms with van der Waals surface area (Å²) in [5, 5.41) is 0. The van der Waals surface area contributed by atoms with Gasteiger partial charge in [-0.05, 0) is 23.8 Å². The van der Waals surface area contributed by atoms with E-state index in [2.05, 4.69) is 6.92 Å². The molecule has 21 heavy (non-hydrogen) atoms. The van der Waals surface area contributed by atoms with Gasteiger partial charge in [0.05, 0.1) is 5.75 Å². The summed E-state index contributed by atoms with van der Waals surface area (Å²) in [5.41, 5.74) is 7.14. The normalized spacial score (nSPS) is 25.7. The molecule has 3 unspecified atom stereocenters. The molecule has 0 saturated carbocycles. The Labute approximate surface area is 128 Å². The van der Waals surface area contributed by atoms with Crippen molar-refractivity contribution < 1.29 is 8.42 Å². The molecule has 0 spiro atoms. The summed E-state index contributed by atoms with van der Waals surface area (Å²) in [5.74, 6) is 0.454. The van der Waals surface area contributed by atoms with Crippen LogP contribution in [0.25, 0.3) is 0 Å². The first-order valence-electron chi connectivity index (χ1n) is 7.72. The molecule has 1 aromatic carbocycles. The average Bonchev–Trinajstić information content (AvgIpc) is 2.48. The van der Waals surface area contributed by atoms with Gasteiger partial charge in [0, 0.05) is 19.1 Å². The number of piperidine rings is 1. The van der Waals surface area contributed by atoms with E-state index in [4.69, 9.17) is 5.73 Å². The Morgan fingerprint density at radius 2 is 2.00 bits per heavy atom. The van der Waals surface area contributed by atoms with Gasteiger partial charge in [0.1, 0.15) is 0 Å². The van der Waals surface area contributed by atoms with Gasteiger partial charge in [0.15, 0.2) is 0 Å². The van der Waals surface area contributed by atoms with Crippen molar-refractivity contribution in [3.05, 3.63) is 35.9 Å². The largest absolute Gasteiger partial charge is 0.327 e. The van der Waals surface area contributed by atoms with Crippen molar-refractivity contribution in [2.75, 3.05) is 18.8 Å². The molecule has 4 nitrogen and oxygen atoms in total. The van der Waals surface area contributed by atoms with Gasteiger partial charge in [-0.3, -0.25) is 0 Å². The summed E-state index contributed by atoms with van der Waals surface area (Å²) in [7, 11) is -3.22. The van der Waals surface area contributed by atoms with E-state index in [1.165, 1.54) is 0 Å². The Balaban J connectivity index is 2.05. The zero-order valence-corrected chi connectivity index (χ0v) is 13.7. The highest BCUT2D eigenvalue weighted by atomic mass is 32.2. The van der Waals surface area contributed by atoms with Gasteiger partial charge in [0.2, 0.25) is 10.0 Å². The first kappa shape index (κ1) is 16.5. The molecule has 5 heteroatoms. The quantitative estimate of drug-likeness (QED) is 0.906. The first-order chi connectivity index (χ1) is 9.94. The molecule has 1 aliphatic rings. The Morgan fingerprint density at radius 3 is 2.62 bits per heavy atom. The Bertz CT molecular complexity index is 545. The van der Waals surface area contributed by atoms with Crippen LogP contribution in [0.5, 0.6) is 0 Å². The van der Waals surface area contributed by atoms with Crippen LogP contribution < -0.4 is 5.73 Å². The van der Waals surface area contributed by atoms with E-state index in [-0.39, 0.29) is 23.6 Å². The molecule has 1 fully saturated rings. The molecule has 0 aromatic heterocycles. The van der Waals surface area contributed by atoms with E-state index >= 15 is 0 Å². The van der Waals surface area contributed by atoms with Gasteiger partial charge in [-0.1, -0.05) is 50.6 Å².